The zero-order valence-electron chi connectivity index (χ0n) is 13.1. The third-order valence-corrected chi connectivity index (χ3v) is 3.68. The summed E-state index contributed by atoms with van der Waals surface area (Å²) >= 11 is 3.29. The van der Waals surface area contributed by atoms with Gasteiger partial charge in [0.2, 0.25) is 0 Å². The first-order valence-electron chi connectivity index (χ1n) is 7.09. The van der Waals surface area contributed by atoms with Gasteiger partial charge in [-0.05, 0) is 43.3 Å². The van der Waals surface area contributed by atoms with Crippen LogP contribution >= 0.6 is 15.9 Å². The molecule has 0 aliphatic rings. The zero-order valence-corrected chi connectivity index (χ0v) is 14.7. The lowest BCUT2D eigenvalue weighted by molar-refractivity contribution is -0.385. The molecule has 9 heteroatoms. The number of amides is 2. The fourth-order valence-corrected chi connectivity index (χ4v) is 2.18. The summed E-state index contributed by atoms with van der Waals surface area (Å²) < 4.78 is 6.15. The molecule has 0 saturated carbocycles. The Morgan fingerprint density at radius 3 is 2.44 bits per heavy atom. The molecule has 0 bridgehead atoms. The first-order chi connectivity index (χ1) is 11.9. The molecule has 2 rings (SSSR count). The van der Waals surface area contributed by atoms with E-state index in [2.05, 4.69) is 26.8 Å². The molecule has 0 unspecified atom stereocenters. The van der Waals surface area contributed by atoms with Gasteiger partial charge in [-0.25, -0.2) is 0 Å². The third-order valence-electron chi connectivity index (χ3n) is 3.15. The summed E-state index contributed by atoms with van der Waals surface area (Å²) in [5.74, 6) is -0.624. The van der Waals surface area contributed by atoms with Crippen LogP contribution in [0.15, 0.2) is 46.9 Å². The van der Waals surface area contributed by atoms with Crippen molar-refractivity contribution >= 4 is 33.4 Å². The number of halogens is 1. The van der Waals surface area contributed by atoms with Crippen molar-refractivity contribution in [1.82, 2.24) is 10.9 Å². The Morgan fingerprint density at radius 2 is 1.84 bits per heavy atom. The van der Waals surface area contributed by atoms with Crippen LogP contribution in [0.5, 0.6) is 5.75 Å². The van der Waals surface area contributed by atoms with E-state index in [0.717, 1.165) is 4.47 Å². The SMILES string of the molecule is Cc1cc(C(=O)NNC(=O)COc2ccc(Br)cc2)ccc1[N+](=O)[O-]. The predicted molar refractivity (Wildman–Crippen MR) is 93.1 cm³/mol. The number of aryl methyl sites for hydroxylation is 1. The summed E-state index contributed by atoms with van der Waals surface area (Å²) in [5.41, 5.74) is 4.90. The molecule has 0 atom stereocenters. The number of hydrazine groups is 1. The second kappa shape index (κ2) is 8.25. The van der Waals surface area contributed by atoms with E-state index in [1.807, 2.05) is 0 Å². The maximum Gasteiger partial charge on any atom is 0.276 e. The van der Waals surface area contributed by atoms with E-state index in [0.29, 0.717) is 11.3 Å². The van der Waals surface area contributed by atoms with E-state index in [-0.39, 0.29) is 17.9 Å². The largest absolute Gasteiger partial charge is 0.484 e. The molecule has 0 fully saturated rings. The normalized spacial score (nSPS) is 10.0. The van der Waals surface area contributed by atoms with E-state index in [1.54, 1.807) is 24.3 Å². The van der Waals surface area contributed by atoms with Gasteiger partial charge in [-0.2, -0.15) is 0 Å². The monoisotopic (exact) mass is 407 g/mol. The summed E-state index contributed by atoms with van der Waals surface area (Å²) in [6.45, 7) is 1.25. The van der Waals surface area contributed by atoms with Crippen LogP contribution in [0.3, 0.4) is 0 Å². The van der Waals surface area contributed by atoms with Crippen LogP contribution in [0.4, 0.5) is 5.69 Å². The summed E-state index contributed by atoms with van der Waals surface area (Å²) in [4.78, 5) is 33.9. The van der Waals surface area contributed by atoms with Gasteiger partial charge < -0.3 is 4.74 Å². The summed E-state index contributed by atoms with van der Waals surface area (Å²) in [5, 5.41) is 10.8. The van der Waals surface area contributed by atoms with E-state index in [4.69, 9.17) is 4.74 Å². The molecule has 130 valence electrons. The van der Waals surface area contributed by atoms with Crippen LogP contribution in [0.25, 0.3) is 0 Å². The number of nitrogens with one attached hydrogen (secondary N) is 2. The average molecular weight is 408 g/mol. The number of nitro groups is 1. The second-order valence-corrected chi connectivity index (χ2v) is 5.92. The van der Waals surface area contributed by atoms with Crippen molar-refractivity contribution in [2.24, 2.45) is 0 Å². The molecular weight excluding hydrogens is 394 g/mol. The molecule has 2 aromatic rings. The molecule has 0 aromatic heterocycles. The van der Waals surface area contributed by atoms with E-state index < -0.39 is 16.7 Å². The predicted octanol–water partition coefficient (Wildman–Crippen LogP) is 2.51. The highest BCUT2D eigenvalue weighted by Gasteiger charge is 2.14. The van der Waals surface area contributed by atoms with Crippen LogP contribution < -0.4 is 15.6 Å². The van der Waals surface area contributed by atoms with Crippen LogP contribution in [0.2, 0.25) is 0 Å². The fraction of sp³-hybridized carbons (Fsp3) is 0.125. The highest BCUT2D eigenvalue weighted by Crippen LogP contribution is 2.18. The van der Waals surface area contributed by atoms with Crippen molar-refractivity contribution in [3.05, 3.63) is 68.2 Å². The van der Waals surface area contributed by atoms with Gasteiger partial charge in [0.25, 0.3) is 17.5 Å². The lowest BCUT2D eigenvalue weighted by Crippen LogP contribution is -2.43. The number of hydrogen-bond acceptors (Lipinski definition) is 5. The molecule has 25 heavy (non-hydrogen) atoms. The zero-order chi connectivity index (χ0) is 18.4. The summed E-state index contributed by atoms with van der Waals surface area (Å²) in [6, 6.07) is 10.8. The van der Waals surface area contributed by atoms with Crippen molar-refractivity contribution < 1.29 is 19.2 Å². The molecule has 0 radical (unpaired) electrons. The standard InChI is InChI=1S/C16H14BrN3O5/c1-10-8-11(2-7-14(10)20(23)24)16(22)19-18-15(21)9-25-13-5-3-12(17)4-6-13/h2-8H,9H2,1H3,(H,18,21)(H,19,22). The molecule has 2 N–H and O–H groups in total. The van der Waals surface area contributed by atoms with Crippen molar-refractivity contribution in [2.45, 2.75) is 6.92 Å². The Hall–Kier alpha value is -2.94. The fourth-order valence-electron chi connectivity index (χ4n) is 1.92. The third kappa shape index (κ3) is 5.28. The van der Waals surface area contributed by atoms with Gasteiger partial charge in [0.1, 0.15) is 5.75 Å². The Labute approximate surface area is 151 Å². The number of hydrogen-bond donors (Lipinski definition) is 2. The second-order valence-electron chi connectivity index (χ2n) is 5.00. The molecular formula is C16H14BrN3O5. The topological polar surface area (TPSA) is 111 Å². The van der Waals surface area contributed by atoms with Gasteiger partial charge >= 0.3 is 0 Å². The Morgan fingerprint density at radius 1 is 1.16 bits per heavy atom. The Kier molecular flexibility index (Phi) is 6.07. The molecule has 8 nitrogen and oxygen atoms in total. The maximum absolute atomic E-state index is 12.0. The number of rotatable bonds is 5. The molecule has 0 heterocycles. The first kappa shape index (κ1) is 18.4. The van der Waals surface area contributed by atoms with Gasteiger partial charge in [0.05, 0.1) is 4.92 Å². The first-order valence-corrected chi connectivity index (χ1v) is 7.88. The van der Waals surface area contributed by atoms with E-state index in [1.165, 1.54) is 25.1 Å². The van der Waals surface area contributed by atoms with Crippen LogP contribution in [0.1, 0.15) is 15.9 Å². The number of nitrogens with zero attached hydrogens (tertiary/aromatic N) is 1. The Balaban J connectivity index is 1.84. The van der Waals surface area contributed by atoms with Crippen LogP contribution in [-0.2, 0) is 4.79 Å². The lowest BCUT2D eigenvalue weighted by Gasteiger charge is -2.09. The summed E-state index contributed by atoms with van der Waals surface area (Å²) in [7, 11) is 0. The quantitative estimate of drug-likeness (QED) is 0.584. The highest BCUT2D eigenvalue weighted by atomic mass is 79.9. The van der Waals surface area contributed by atoms with Gasteiger partial charge in [-0.3, -0.25) is 30.6 Å². The molecule has 2 aromatic carbocycles. The van der Waals surface area contributed by atoms with Crippen molar-refractivity contribution in [3.63, 3.8) is 0 Å². The average Bonchev–Trinajstić information content (AvgIpc) is 2.58. The number of carbonyl (C=O) groups is 2. The van der Waals surface area contributed by atoms with Crippen LogP contribution in [0, 0.1) is 17.0 Å². The summed E-state index contributed by atoms with van der Waals surface area (Å²) in [6.07, 6.45) is 0. The number of nitro benzene ring substituents is 1. The van der Waals surface area contributed by atoms with Gasteiger partial charge in [0, 0.05) is 21.7 Å². The maximum atomic E-state index is 12.0. The number of benzene rings is 2. The lowest BCUT2D eigenvalue weighted by atomic mass is 10.1. The highest BCUT2D eigenvalue weighted by molar-refractivity contribution is 9.10. The van der Waals surface area contributed by atoms with E-state index >= 15 is 0 Å². The van der Waals surface area contributed by atoms with Gasteiger partial charge in [0.15, 0.2) is 6.61 Å². The number of ether oxygens (including phenoxy) is 1. The van der Waals surface area contributed by atoms with Gasteiger partial charge in [-0.1, -0.05) is 15.9 Å². The van der Waals surface area contributed by atoms with Gasteiger partial charge in [-0.15, -0.1) is 0 Å². The molecule has 0 saturated heterocycles. The van der Waals surface area contributed by atoms with Crippen molar-refractivity contribution in [2.75, 3.05) is 6.61 Å². The smallest absolute Gasteiger partial charge is 0.276 e. The minimum absolute atomic E-state index is 0.0801. The van der Waals surface area contributed by atoms with E-state index in [9.17, 15) is 19.7 Å². The number of carbonyl (C=O) groups excluding carboxylic acids is 2. The minimum Gasteiger partial charge on any atom is -0.484 e. The molecule has 0 aliphatic carbocycles. The van der Waals surface area contributed by atoms with Crippen LogP contribution in [-0.4, -0.2) is 23.3 Å². The molecule has 0 aliphatic heterocycles. The molecule has 2 amide bonds. The van der Waals surface area contributed by atoms with Crippen molar-refractivity contribution in [3.8, 4) is 5.75 Å². The van der Waals surface area contributed by atoms with Crippen molar-refractivity contribution in [1.29, 1.82) is 0 Å². The minimum atomic E-state index is -0.588. The Bertz CT molecular complexity index is 808. The molecule has 0 spiro atoms.